The highest BCUT2D eigenvalue weighted by Gasteiger charge is 2.34. The first-order valence-corrected chi connectivity index (χ1v) is 8.86. The summed E-state index contributed by atoms with van der Waals surface area (Å²) in [6.45, 7) is 6.37. The molecule has 0 spiro atoms. The molecule has 7 heteroatoms. The Balaban J connectivity index is 2.57. The van der Waals surface area contributed by atoms with Crippen molar-refractivity contribution in [1.29, 1.82) is 0 Å². The van der Waals surface area contributed by atoms with E-state index in [1.54, 1.807) is 6.92 Å². The van der Waals surface area contributed by atoms with Gasteiger partial charge in [-0.2, -0.15) is 0 Å². The first-order chi connectivity index (χ1) is 9.06. The number of carbonyl (C=O) groups is 1. The predicted octanol–water partition coefficient (Wildman–Crippen LogP) is -0.263. The van der Waals surface area contributed by atoms with E-state index in [4.69, 9.17) is 5.73 Å². The molecular formula is C13H27N3O3S. The Morgan fingerprint density at radius 3 is 2.50 bits per heavy atom. The molecule has 0 saturated carbocycles. The summed E-state index contributed by atoms with van der Waals surface area (Å²) in [5.74, 6) is 0.104. The Hall–Kier alpha value is -0.660. The van der Waals surface area contributed by atoms with E-state index >= 15 is 0 Å². The summed E-state index contributed by atoms with van der Waals surface area (Å²) in [6, 6.07) is 0.209. The Labute approximate surface area is 122 Å². The first kappa shape index (κ1) is 17.4. The van der Waals surface area contributed by atoms with Crippen LogP contribution in [-0.2, 0) is 14.6 Å². The summed E-state index contributed by atoms with van der Waals surface area (Å²) in [5.41, 5.74) is 4.72. The maximum atomic E-state index is 11.6. The Bertz CT molecular complexity index is 450. The number of hydrogen-bond acceptors (Lipinski definition) is 5. The maximum absolute atomic E-state index is 11.6. The van der Waals surface area contributed by atoms with Crippen LogP contribution >= 0.6 is 0 Å². The van der Waals surface area contributed by atoms with Crippen molar-refractivity contribution in [2.24, 2.45) is 5.73 Å². The zero-order valence-electron chi connectivity index (χ0n) is 12.8. The highest BCUT2D eigenvalue weighted by atomic mass is 32.2. The molecule has 3 N–H and O–H groups in total. The average Bonchev–Trinajstić information content (AvgIpc) is 2.65. The molecule has 0 bridgehead atoms. The zero-order valence-corrected chi connectivity index (χ0v) is 13.7. The van der Waals surface area contributed by atoms with Crippen molar-refractivity contribution in [3.8, 4) is 0 Å². The van der Waals surface area contributed by atoms with Crippen molar-refractivity contribution in [1.82, 2.24) is 10.2 Å². The van der Waals surface area contributed by atoms with Crippen molar-refractivity contribution < 1.29 is 13.2 Å². The van der Waals surface area contributed by atoms with E-state index in [0.717, 1.165) is 0 Å². The van der Waals surface area contributed by atoms with Crippen LogP contribution in [0.5, 0.6) is 0 Å². The van der Waals surface area contributed by atoms with Gasteiger partial charge in [0, 0.05) is 18.6 Å². The van der Waals surface area contributed by atoms with Crippen molar-refractivity contribution in [2.45, 2.75) is 51.2 Å². The molecule has 1 aliphatic heterocycles. The second-order valence-corrected chi connectivity index (χ2v) is 8.51. The summed E-state index contributed by atoms with van der Waals surface area (Å²) < 4.78 is 23.0. The molecule has 6 nitrogen and oxygen atoms in total. The molecule has 0 aromatic heterocycles. The number of amides is 1. The Morgan fingerprint density at radius 2 is 2.10 bits per heavy atom. The lowest BCUT2D eigenvalue weighted by atomic mass is 9.95. The van der Waals surface area contributed by atoms with Crippen LogP contribution in [0.3, 0.4) is 0 Å². The van der Waals surface area contributed by atoms with Crippen LogP contribution in [0.25, 0.3) is 0 Å². The number of rotatable bonds is 7. The fourth-order valence-corrected chi connectivity index (χ4v) is 4.41. The van der Waals surface area contributed by atoms with Crippen LogP contribution < -0.4 is 11.1 Å². The number of primary amides is 1. The predicted molar refractivity (Wildman–Crippen MR) is 80.2 cm³/mol. The van der Waals surface area contributed by atoms with Gasteiger partial charge < -0.3 is 16.0 Å². The minimum absolute atomic E-state index is 0.0520. The minimum Gasteiger partial charge on any atom is -0.368 e. The third kappa shape index (κ3) is 4.71. The molecule has 0 aromatic carbocycles. The monoisotopic (exact) mass is 305 g/mol. The average molecular weight is 305 g/mol. The normalized spacial score (nSPS) is 25.0. The minimum atomic E-state index is -2.88. The van der Waals surface area contributed by atoms with E-state index in [9.17, 15) is 13.2 Å². The molecule has 1 aliphatic rings. The topological polar surface area (TPSA) is 92.5 Å². The number of nitrogens with zero attached hydrogens (tertiary/aromatic N) is 1. The molecular weight excluding hydrogens is 278 g/mol. The summed E-state index contributed by atoms with van der Waals surface area (Å²) in [7, 11) is -0.973. The van der Waals surface area contributed by atoms with Gasteiger partial charge in [-0.25, -0.2) is 8.42 Å². The molecule has 2 atom stereocenters. The highest BCUT2D eigenvalue weighted by Crippen LogP contribution is 2.18. The number of nitrogens with two attached hydrogens (primary N) is 1. The van der Waals surface area contributed by atoms with Gasteiger partial charge in [0.2, 0.25) is 5.91 Å². The molecule has 2 unspecified atom stereocenters. The summed E-state index contributed by atoms with van der Waals surface area (Å²) >= 11 is 0. The molecule has 0 aliphatic carbocycles. The first-order valence-electron chi connectivity index (χ1n) is 7.04. The molecule has 1 saturated heterocycles. The van der Waals surface area contributed by atoms with Crippen LogP contribution in [-0.4, -0.2) is 61.9 Å². The van der Waals surface area contributed by atoms with E-state index in [2.05, 4.69) is 5.32 Å². The number of hydrogen-bond donors (Lipinski definition) is 2. The molecule has 118 valence electrons. The van der Waals surface area contributed by atoms with Crippen molar-refractivity contribution in [3.05, 3.63) is 0 Å². The van der Waals surface area contributed by atoms with E-state index in [0.29, 0.717) is 19.4 Å². The van der Waals surface area contributed by atoms with Crippen LogP contribution in [0.1, 0.15) is 33.6 Å². The van der Waals surface area contributed by atoms with Crippen molar-refractivity contribution in [3.63, 3.8) is 0 Å². The number of nitrogens with one attached hydrogen (secondary N) is 1. The summed E-state index contributed by atoms with van der Waals surface area (Å²) in [6.07, 6.45) is 1.23. The van der Waals surface area contributed by atoms with Gasteiger partial charge in [0.25, 0.3) is 0 Å². The molecule has 20 heavy (non-hydrogen) atoms. The largest absolute Gasteiger partial charge is 0.368 e. The maximum Gasteiger partial charge on any atom is 0.237 e. The number of sulfone groups is 1. The van der Waals surface area contributed by atoms with Gasteiger partial charge in [-0.1, -0.05) is 0 Å². The van der Waals surface area contributed by atoms with Crippen LogP contribution in [0.2, 0.25) is 0 Å². The molecule has 1 rings (SSSR count). The fraction of sp³-hybridized carbons (Fsp3) is 0.923. The van der Waals surface area contributed by atoms with Gasteiger partial charge in [-0.3, -0.25) is 4.79 Å². The molecule has 0 radical (unpaired) electrons. The quantitative estimate of drug-likeness (QED) is 0.676. The Kier molecular flexibility index (Phi) is 5.57. The third-order valence-electron chi connectivity index (χ3n) is 3.95. The van der Waals surface area contributed by atoms with Gasteiger partial charge in [0.15, 0.2) is 9.84 Å². The van der Waals surface area contributed by atoms with E-state index < -0.39 is 15.4 Å². The van der Waals surface area contributed by atoms with Crippen molar-refractivity contribution in [2.75, 3.05) is 25.1 Å². The highest BCUT2D eigenvalue weighted by molar-refractivity contribution is 7.91. The van der Waals surface area contributed by atoms with E-state index in [1.807, 2.05) is 25.8 Å². The second-order valence-electron chi connectivity index (χ2n) is 6.28. The standard InChI is InChI=1S/C13H27N3O3S/c1-10(2)15-13(3,12(14)17)6-7-16(4)11-5-8-20(18,19)9-11/h10-11,15H,5-9H2,1-4H3,(H2,14,17). The van der Waals surface area contributed by atoms with Gasteiger partial charge in [0.1, 0.15) is 0 Å². The van der Waals surface area contributed by atoms with Gasteiger partial charge in [-0.15, -0.1) is 0 Å². The van der Waals surface area contributed by atoms with Gasteiger partial charge in [-0.05, 0) is 40.7 Å². The molecule has 1 amide bonds. The molecule has 1 heterocycles. The zero-order chi connectivity index (χ0) is 15.6. The lowest BCUT2D eigenvalue weighted by molar-refractivity contribution is -0.124. The van der Waals surface area contributed by atoms with E-state index in [-0.39, 0.29) is 29.5 Å². The van der Waals surface area contributed by atoms with Crippen LogP contribution in [0, 0.1) is 0 Å². The Morgan fingerprint density at radius 1 is 1.50 bits per heavy atom. The van der Waals surface area contributed by atoms with E-state index in [1.165, 1.54) is 0 Å². The molecule has 0 aromatic rings. The third-order valence-corrected chi connectivity index (χ3v) is 5.70. The SMILES string of the molecule is CC(C)NC(C)(CCN(C)C1CCS(=O)(=O)C1)C(N)=O. The molecule has 1 fully saturated rings. The second kappa shape index (κ2) is 6.41. The fourth-order valence-electron chi connectivity index (χ4n) is 2.61. The van der Waals surface area contributed by atoms with Gasteiger partial charge in [0.05, 0.1) is 17.0 Å². The lowest BCUT2D eigenvalue weighted by Crippen LogP contribution is -2.57. The smallest absolute Gasteiger partial charge is 0.237 e. The lowest BCUT2D eigenvalue weighted by Gasteiger charge is -2.33. The van der Waals surface area contributed by atoms with Gasteiger partial charge >= 0.3 is 0 Å². The van der Waals surface area contributed by atoms with Crippen molar-refractivity contribution >= 4 is 15.7 Å². The number of carbonyl (C=O) groups excluding carboxylic acids is 1. The van der Waals surface area contributed by atoms with Crippen LogP contribution in [0.4, 0.5) is 0 Å². The summed E-state index contributed by atoms with van der Waals surface area (Å²) in [4.78, 5) is 13.7. The summed E-state index contributed by atoms with van der Waals surface area (Å²) in [5, 5.41) is 3.20. The van der Waals surface area contributed by atoms with Crippen LogP contribution in [0.15, 0.2) is 0 Å².